The number of pyridine rings is 2. The fourth-order valence-electron chi connectivity index (χ4n) is 4.68. The van der Waals surface area contributed by atoms with Crippen LogP contribution in [0, 0.1) is 13.8 Å². The molecule has 0 atom stereocenters. The molecule has 2 heteroatoms. The van der Waals surface area contributed by atoms with Gasteiger partial charge in [-0.05, 0) is 59.4 Å². The molecule has 0 unspecified atom stereocenters. The van der Waals surface area contributed by atoms with Crippen LogP contribution in [-0.4, -0.2) is 9.97 Å². The molecule has 4 aromatic carbocycles. The van der Waals surface area contributed by atoms with E-state index >= 15 is 0 Å². The van der Waals surface area contributed by atoms with E-state index in [1.807, 2.05) is 12.3 Å². The Balaban J connectivity index is 1.37. The minimum atomic E-state index is 0.969. The number of hydrogen-bond acceptors (Lipinski definition) is 2. The molecule has 34 heavy (non-hydrogen) atoms. The van der Waals surface area contributed by atoms with Crippen molar-refractivity contribution >= 4 is 21.8 Å². The summed E-state index contributed by atoms with van der Waals surface area (Å²) in [6.45, 7) is 4.27. The molecule has 0 aliphatic heterocycles. The van der Waals surface area contributed by atoms with Crippen molar-refractivity contribution in [2.75, 3.05) is 0 Å². The molecular formula is C32H24N2. The van der Waals surface area contributed by atoms with Gasteiger partial charge >= 0.3 is 0 Å². The summed E-state index contributed by atoms with van der Waals surface area (Å²) in [5, 5.41) is 2.32. The lowest BCUT2D eigenvalue weighted by molar-refractivity contribution is 1.33. The molecule has 6 aromatic rings. The quantitative estimate of drug-likeness (QED) is 0.260. The molecule has 0 saturated heterocycles. The average Bonchev–Trinajstić information content (AvgIpc) is 2.89. The first kappa shape index (κ1) is 20.3. The van der Waals surface area contributed by atoms with Crippen molar-refractivity contribution in [2.45, 2.75) is 13.8 Å². The van der Waals surface area contributed by atoms with Crippen LogP contribution in [0.5, 0.6) is 0 Å². The minimum absolute atomic E-state index is 0.969. The second-order valence-electron chi connectivity index (χ2n) is 8.83. The first-order chi connectivity index (χ1) is 16.7. The lowest BCUT2D eigenvalue weighted by Gasteiger charge is -2.11. The summed E-state index contributed by atoms with van der Waals surface area (Å²) < 4.78 is 0. The van der Waals surface area contributed by atoms with E-state index in [0.717, 1.165) is 33.1 Å². The van der Waals surface area contributed by atoms with Gasteiger partial charge in [0.2, 0.25) is 0 Å². The summed E-state index contributed by atoms with van der Waals surface area (Å²) in [6, 6.07) is 36.5. The largest absolute Gasteiger partial charge is 0.254 e. The van der Waals surface area contributed by atoms with E-state index < -0.39 is 0 Å². The van der Waals surface area contributed by atoms with E-state index in [0.29, 0.717) is 0 Å². The Morgan fingerprint density at radius 1 is 0.471 bits per heavy atom. The van der Waals surface area contributed by atoms with Gasteiger partial charge < -0.3 is 0 Å². The highest BCUT2D eigenvalue weighted by Crippen LogP contribution is 2.31. The van der Waals surface area contributed by atoms with Crippen LogP contribution in [-0.2, 0) is 0 Å². The zero-order valence-electron chi connectivity index (χ0n) is 19.3. The van der Waals surface area contributed by atoms with Crippen LogP contribution in [0.25, 0.3) is 55.3 Å². The molecule has 2 heterocycles. The molecule has 0 aliphatic rings. The van der Waals surface area contributed by atoms with Crippen LogP contribution in [0.3, 0.4) is 0 Å². The maximum Gasteiger partial charge on any atom is 0.0974 e. The maximum atomic E-state index is 5.06. The molecule has 0 saturated carbocycles. The molecule has 0 bridgehead atoms. The molecule has 0 radical (unpaired) electrons. The third kappa shape index (κ3) is 3.54. The Bertz CT molecular complexity index is 1630. The lowest BCUT2D eigenvalue weighted by atomic mass is 9.98. The van der Waals surface area contributed by atoms with Gasteiger partial charge in [0.05, 0.1) is 16.7 Å². The highest BCUT2D eigenvalue weighted by molar-refractivity contribution is 6.05. The minimum Gasteiger partial charge on any atom is -0.254 e. The van der Waals surface area contributed by atoms with Crippen molar-refractivity contribution in [3.8, 4) is 33.5 Å². The molecule has 0 amide bonds. The van der Waals surface area contributed by atoms with Crippen molar-refractivity contribution in [1.82, 2.24) is 9.97 Å². The van der Waals surface area contributed by atoms with Gasteiger partial charge in [-0.15, -0.1) is 0 Å². The Morgan fingerprint density at radius 2 is 1.00 bits per heavy atom. The number of aryl methyl sites for hydroxylation is 2. The van der Waals surface area contributed by atoms with Gasteiger partial charge in [-0.25, -0.2) is 4.98 Å². The average molecular weight is 437 g/mol. The number of rotatable bonds is 3. The molecule has 2 aromatic heterocycles. The molecular weight excluding hydrogens is 412 g/mol. The van der Waals surface area contributed by atoms with Crippen molar-refractivity contribution in [2.24, 2.45) is 0 Å². The number of fused-ring (bicyclic) bond motifs is 3. The molecule has 0 spiro atoms. The first-order valence-electron chi connectivity index (χ1n) is 11.6. The molecule has 0 aliphatic carbocycles. The number of hydrogen-bond donors (Lipinski definition) is 0. The number of benzene rings is 4. The Morgan fingerprint density at radius 3 is 1.62 bits per heavy atom. The van der Waals surface area contributed by atoms with Crippen LogP contribution in [0.2, 0.25) is 0 Å². The smallest absolute Gasteiger partial charge is 0.0974 e. The fraction of sp³-hybridized carbons (Fsp3) is 0.0625. The van der Waals surface area contributed by atoms with E-state index in [2.05, 4.69) is 116 Å². The summed E-state index contributed by atoms with van der Waals surface area (Å²) in [5.74, 6) is 0. The van der Waals surface area contributed by atoms with Crippen LogP contribution >= 0.6 is 0 Å². The highest BCUT2D eigenvalue weighted by Gasteiger charge is 2.10. The van der Waals surface area contributed by atoms with Crippen molar-refractivity contribution < 1.29 is 0 Å². The number of aromatic nitrogens is 2. The van der Waals surface area contributed by atoms with Gasteiger partial charge in [0.25, 0.3) is 0 Å². The van der Waals surface area contributed by atoms with Crippen molar-refractivity contribution in [1.29, 1.82) is 0 Å². The third-order valence-corrected chi connectivity index (χ3v) is 6.62. The Hall–Kier alpha value is -4.30. The Labute approximate surface area is 199 Å². The zero-order valence-corrected chi connectivity index (χ0v) is 19.3. The van der Waals surface area contributed by atoms with E-state index in [4.69, 9.17) is 4.98 Å². The summed E-state index contributed by atoms with van der Waals surface area (Å²) in [7, 11) is 0. The second kappa shape index (κ2) is 8.24. The normalized spacial score (nSPS) is 11.2. The maximum absolute atomic E-state index is 5.06. The second-order valence-corrected chi connectivity index (χ2v) is 8.83. The van der Waals surface area contributed by atoms with Crippen molar-refractivity contribution in [3.63, 3.8) is 0 Å². The topological polar surface area (TPSA) is 25.8 Å². The zero-order chi connectivity index (χ0) is 23.1. The first-order valence-corrected chi connectivity index (χ1v) is 11.6. The van der Waals surface area contributed by atoms with Crippen LogP contribution in [0.1, 0.15) is 11.1 Å². The summed E-state index contributed by atoms with van der Waals surface area (Å²) >= 11 is 0. The molecule has 162 valence electrons. The molecule has 2 nitrogen and oxygen atoms in total. The highest BCUT2D eigenvalue weighted by atomic mass is 14.8. The Kier molecular flexibility index (Phi) is 4.92. The van der Waals surface area contributed by atoms with E-state index in [1.165, 1.54) is 33.4 Å². The SMILES string of the molecule is Cc1ccnc2c1ccc1c(C)cc(-c3ccc(-c4ccc(-c5ccccc5)cc4)cc3)nc12. The molecule has 6 rings (SSSR count). The predicted molar refractivity (Wildman–Crippen MR) is 143 cm³/mol. The summed E-state index contributed by atoms with van der Waals surface area (Å²) in [6.07, 6.45) is 1.87. The molecule has 0 fully saturated rings. The van der Waals surface area contributed by atoms with Gasteiger partial charge in [0.1, 0.15) is 0 Å². The van der Waals surface area contributed by atoms with E-state index in [-0.39, 0.29) is 0 Å². The fourth-order valence-corrected chi connectivity index (χ4v) is 4.68. The molecule has 0 N–H and O–H groups in total. The van der Waals surface area contributed by atoms with E-state index in [1.54, 1.807) is 0 Å². The van der Waals surface area contributed by atoms with Crippen LogP contribution in [0.15, 0.2) is 109 Å². The monoisotopic (exact) mass is 436 g/mol. The van der Waals surface area contributed by atoms with Crippen LogP contribution < -0.4 is 0 Å². The predicted octanol–water partition coefficient (Wildman–Crippen LogP) is 8.40. The van der Waals surface area contributed by atoms with Gasteiger partial charge in [0, 0.05) is 22.5 Å². The summed E-state index contributed by atoms with van der Waals surface area (Å²) in [4.78, 5) is 9.73. The lowest BCUT2D eigenvalue weighted by Crippen LogP contribution is -1.92. The van der Waals surface area contributed by atoms with Gasteiger partial charge in [-0.3, -0.25) is 4.98 Å². The van der Waals surface area contributed by atoms with Gasteiger partial charge in [0.15, 0.2) is 0 Å². The van der Waals surface area contributed by atoms with Gasteiger partial charge in [-0.2, -0.15) is 0 Å². The van der Waals surface area contributed by atoms with Gasteiger partial charge in [-0.1, -0.05) is 91.0 Å². The standard InChI is InChI=1S/C32H24N2/c1-21-18-19-33-31-28(21)16-17-29-22(2)20-30(34-32(29)31)27-14-12-26(13-15-27)25-10-8-24(9-11-25)23-6-4-3-5-7-23/h3-20H,1-2H3. The summed E-state index contributed by atoms with van der Waals surface area (Å²) in [5.41, 5.74) is 11.3. The van der Waals surface area contributed by atoms with Crippen LogP contribution in [0.4, 0.5) is 0 Å². The number of nitrogens with zero attached hydrogens (tertiary/aromatic N) is 2. The van der Waals surface area contributed by atoms with E-state index in [9.17, 15) is 0 Å². The third-order valence-electron chi connectivity index (χ3n) is 6.62. The van der Waals surface area contributed by atoms with Crippen molar-refractivity contribution in [3.05, 3.63) is 120 Å².